The zero-order chi connectivity index (χ0) is 11.0. The molecule has 0 atom stereocenters. The molecule has 0 unspecified atom stereocenters. The fourth-order valence-corrected chi connectivity index (χ4v) is 0.765. The summed E-state index contributed by atoms with van der Waals surface area (Å²) in [5.74, 6) is 5.85. The van der Waals surface area contributed by atoms with Crippen LogP contribution in [0, 0.1) is 0 Å². The molecule has 1 rings (SSSR count). The fourth-order valence-electron chi connectivity index (χ4n) is 0.765. The van der Waals surface area contributed by atoms with Crippen LogP contribution in [0.2, 0.25) is 0 Å². The van der Waals surface area contributed by atoms with Crippen LogP contribution in [0.3, 0.4) is 0 Å². The summed E-state index contributed by atoms with van der Waals surface area (Å²) in [5, 5.41) is 7.19. The van der Waals surface area contributed by atoms with E-state index in [-0.39, 0.29) is 5.69 Å². The highest BCUT2D eigenvalue weighted by Crippen LogP contribution is 1.95. The van der Waals surface area contributed by atoms with Gasteiger partial charge in [0.15, 0.2) is 0 Å². The lowest BCUT2D eigenvalue weighted by molar-refractivity contribution is 0.742. The molecule has 6 N–H and O–H groups in total. The third-order valence-corrected chi connectivity index (χ3v) is 1.36. The highest BCUT2D eigenvalue weighted by molar-refractivity contribution is 5.22. The standard InChI is InChI=1S/C5H12N6O.C2H6/c6-2-1-3-11(7)4-8-5(12)10-9-4;1-2/h1-3,6-7H2,(H2,8,9,10,12);1-2H3. The van der Waals surface area contributed by atoms with Crippen LogP contribution >= 0.6 is 0 Å². The number of hydrogen-bond acceptors (Lipinski definition) is 5. The largest absolute Gasteiger partial charge is 0.342 e. The molecule has 0 saturated carbocycles. The quantitative estimate of drug-likeness (QED) is 0.375. The maximum Gasteiger partial charge on any atom is 0.342 e. The van der Waals surface area contributed by atoms with Crippen molar-refractivity contribution < 1.29 is 0 Å². The molecule has 0 aliphatic rings. The average Bonchev–Trinajstić information content (AvgIpc) is 2.64. The molecule has 0 aliphatic carbocycles. The van der Waals surface area contributed by atoms with Gasteiger partial charge in [0, 0.05) is 6.54 Å². The summed E-state index contributed by atoms with van der Waals surface area (Å²) < 4.78 is 0. The molecule has 0 radical (unpaired) electrons. The maximum absolute atomic E-state index is 10.6. The Morgan fingerprint density at radius 2 is 2.14 bits per heavy atom. The summed E-state index contributed by atoms with van der Waals surface area (Å²) in [6, 6.07) is 0. The van der Waals surface area contributed by atoms with Crippen molar-refractivity contribution in [3.05, 3.63) is 10.5 Å². The van der Waals surface area contributed by atoms with Crippen LogP contribution < -0.4 is 22.3 Å². The maximum atomic E-state index is 10.6. The van der Waals surface area contributed by atoms with E-state index in [1.807, 2.05) is 13.8 Å². The number of aromatic amines is 2. The lowest BCUT2D eigenvalue weighted by atomic mass is 10.4. The number of H-pyrrole nitrogens is 2. The van der Waals surface area contributed by atoms with Crippen molar-refractivity contribution in [2.24, 2.45) is 11.6 Å². The second-order valence-corrected chi connectivity index (χ2v) is 2.34. The lowest BCUT2D eigenvalue weighted by Crippen LogP contribution is -2.34. The first-order chi connectivity index (χ1) is 6.74. The van der Waals surface area contributed by atoms with E-state index in [1.54, 1.807) is 0 Å². The molecule has 1 heterocycles. The van der Waals surface area contributed by atoms with Gasteiger partial charge in [0.2, 0.25) is 5.95 Å². The highest BCUT2D eigenvalue weighted by Gasteiger charge is 2.03. The molecule has 0 bridgehead atoms. The Kier molecular flexibility index (Phi) is 6.42. The smallest absolute Gasteiger partial charge is 0.330 e. The van der Waals surface area contributed by atoms with Crippen molar-refractivity contribution in [3.63, 3.8) is 0 Å². The van der Waals surface area contributed by atoms with Gasteiger partial charge in [-0.25, -0.2) is 15.7 Å². The van der Waals surface area contributed by atoms with Gasteiger partial charge in [0.25, 0.3) is 0 Å². The minimum Gasteiger partial charge on any atom is -0.330 e. The highest BCUT2D eigenvalue weighted by atomic mass is 16.1. The Bertz CT molecular complexity index is 280. The summed E-state index contributed by atoms with van der Waals surface area (Å²) in [4.78, 5) is 13.0. The molecule has 1 aromatic rings. The molecule has 1 aromatic heterocycles. The number of nitrogens with one attached hydrogen (secondary N) is 2. The van der Waals surface area contributed by atoms with Crippen molar-refractivity contribution in [1.82, 2.24) is 15.2 Å². The van der Waals surface area contributed by atoms with Crippen molar-refractivity contribution >= 4 is 5.95 Å². The first-order valence-corrected chi connectivity index (χ1v) is 4.61. The monoisotopic (exact) mass is 202 g/mol. The first kappa shape index (κ1) is 12.7. The second-order valence-electron chi connectivity index (χ2n) is 2.34. The van der Waals surface area contributed by atoms with E-state index in [0.29, 0.717) is 19.0 Å². The van der Waals surface area contributed by atoms with Gasteiger partial charge in [-0.3, -0.25) is 9.99 Å². The zero-order valence-electron chi connectivity index (χ0n) is 8.58. The predicted octanol–water partition coefficient (Wildman–Crippen LogP) is -0.847. The Labute approximate surface area is 82.5 Å². The van der Waals surface area contributed by atoms with E-state index in [4.69, 9.17) is 11.6 Å². The van der Waals surface area contributed by atoms with E-state index in [0.717, 1.165) is 6.42 Å². The van der Waals surface area contributed by atoms with E-state index in [9.17, 15) is 4.79 Å². The number of hydrazine groups is 1. The van der Waals surface area contributed by atoms with Gasteiger partial charge < -0.3 is 5.73 Å². The van der Waals surface area contributed by atoms with Crippen molar-refractivity contribution in [2.75, 3.05) is 18.1 Å². The van der Waals surface area contributed by atoms with Crippen LogP contribution in [0.5, 0.6) is 0 Å². The zero-order valence-corrected chi connectivity index (χ0v) is 8.58. The number of hydrogen-bond donors (Lipinski definition) is 4. The number of rotatable bonds is 4. The third-order valence-electron chi connectivity index (χ3n) is 1.36. The van der Waals surface area contributed by atoms with Crippen molar-refractivity contribution in [3.8, 4) is 0 Å². The normalized spacial score (nSPS) is 9.14. The molecule has 0 fully saturated rings. The average molecular weight is 202 g/mol. The molecule has 0 aromatic carbocycles. The van der Waals surface area contributed by atoms with E-state index < -0.39 is 0 Å². The molecule has 82 valence electrons. The van der Waals surface area contributed by atoms with Crippen molar-refractivity contribution in [2.45, 2.75) is 20.3 Å². The predicted molar refractivity (Wildman–Crippen MR) is 55.8 cm³/mol. The van der Waals surface area contributed by atoms with Crippen LogP contribution in [0.4, 0.5) is 5.95 Å². The number of nitrogens with two attached hydrogens (primary N) is 2. The summed E-state index contributed by atoms with van der Waals surface area (Å²) in [6.07, 6.45) is 0.755. The Hall–Kier alpha value is -1.34. The Morgan fingerprint density at radius 3 is 2.57 bits per heavy atom. The molecule has 7 heteroatoms. The van der Waals surface area contributed by atoms with Crippen LogP contribution in [0.1, 0.15) is 20.3 Å². The second kappa shape index (κ2) is 7.10. The van der Waals surface area contributed by atoms with Crippen LogP contribution in [0.15, 0.2) is 4.79 Å². The fraction of sp³-hybridized carbons (Fsp3) is 0.714. The number of nitrogens with zero attached hydrogens (tertiary/aromatic N) is 2. The topological polar surface area (TPSA) is 117 Å². The van der Waals surface area contributed by atoms with Gasteiger partial charge >= 0.3 is 5.69 Å². The Balaban J connectivity index is 0.000000791. The van der Waals surface area contributed by atoms with Crippen LogP contribution in [0.25, 0.3) is 0 Å². The minimum atomic E-state index is -0.367. The molecule has 0 amide bonds. The van der Waals surface area contributed by atoms with Crippen LogP contribution in [-0.4, -0.2) is 28.3 Å². The SMILES string of the molecule is CC.NCCCN(N)c1n[nH]c(=O)[nH]1. The molecule has 7 nitrogen and oxygen atoms in total. The van der Waals surface area contributed by atoms with Gasteiger partial charge in [-0.05, 0) is 13.0 Å². The summed E-state index contributed by atoms with van der Waals surface area (Å²) in [6.45, 7) is 5.12. The van der Waals surface area contributed by atoms with Gasteiger partial charge in [-0.15, -0.1) is 5.10 Å². The molecule has 14 heavy (non-hydrogen) atoms. The number of anilines is 1. The van der Waals surface area contributed by atoms with Gasteiger partial charge in [-0.1, -0.05) is 13.8 Å². The van der Waals surface area contributed by atoms with E-state index in [1.165, 1.54) is 5.01 Å². The molecule has 0 spiro atoms. The van der Waals surface area contributed by atoms with Gasteiger partial charge in [0.05, 0.1) is 0 Å². The molecule has 0 aliphatic heterocycles. The first-order valence-electron chi connectivity index (χ1n) is 4.61. The van der Waals surface area contributed by atoms with E-state index >= 15 is 0 Å². The lowest BCUT2D eigenvalue weighted by Gasteiger charge is -2.12. The minimum absolute atomic E-state index is 0.327. The molecule has 0 saturated heterocycles. The number of aromatic nitrogens is 3. The van der Waals surface area contributed by atoms with Crippen molar-refractivity contribution in [1.29, 1.82) is 0 Å². The van der Waals surface area contributed by atoms with Crippen LogP contribution in [-0.2, 0) is 0 Å². The van der Waals surface area contributed by atoms with E-state index in [2.05, 4.69) is 15.2 Å². The summed E-state index contributed by atoms with van der Waals surface area (Å²) in [5.41, 5.74) is 4.91. The summed E-state index contributed by atoms with van der Waals surface area (Å²) in [7, 11) is 0. The molecular formula is C7H18N6O. The summed E-state index contributed by atoms with van der Waals surface area (Å²) >= 11 is 0. The Morgan fingerprint density at radius 1 is 1.50 bits per heavy atom. The van der Waals surface area contributed by atoms with Gasteiger partial charge in [-0.2, -0.15) is 0 Å². The molecular weight excluding hydrogens is 184 g/mol. The third kappa shape index (κ3) is 4.06. The van der Waals surface area contributed by atoms with Gasteiger partial charge in [0.1, 0.15) is 0 Å².